The molecular formula is C28H30BrN3O3. The van der Waals surface area contributed by atoms with Crippen LogP contribution in [-0.2, 0) is 24.1 Å². The first-order valence-electron chi connectivity index (χ1n) is 12.2. The summed E-state index contributed by atoms with van der Waals surface area (Å²) in [6.07, 6.45) is 8.51. The lowest BCUT2D eigenvalue weighted by Crippen LogP contribution is -2.53. The van der Waals surface area contributed by atoms with E-state index >= 15 is 0 Å². The van der Waals surface area contributed by atoms with Gasteiger partial charge in [-0.25, -0.2) is 4.79 Å². The maximum atomic E-state index is 13.6. The van der Waals surface area contributed by atoms with Gasteiger partial charge in [0, 0.05) is 47.4 Å². The minimum atomic E-state index is -0.760. The lowest BCUT2D eigenvalue weighted by molar-refractivity contribution is -0.811. The molecule has 1 saturated heterocycles. The van der Waals surface area contributed by atoms with E-state index in [1.807, 2.05) is 6.20 Å². The summed E-state index contributed by atoms with van der Waals surface area (Å²) >= 11 is 3.59. The van der Waals surface area contributed by atoms with Crippen molar-refractivity contribution in [2.45, 2.75) is 44.9 Å². The summed E-state index contributed by atoms with van der Waals surface area (Å²) in [6.45, 7) is 2.68. The SMILES string of the molecule is COc1cc(C)cc2c1C(C1CC[N+]([O-])(C(=O)Cc3ccncc3)CC1)c1ncc(Br)cc1CC2. The number of rotatable bonds is 4. The number of aromatic nitrogens is 2. The average Bonchev–Trinajstić information content (AvgIpc) is 3.01. The largest absolute Gasteiger partial charge is 0.625 e. The Morgan fingerprint density at radius 2 is 1.86 bits per heavy atom. The molecule has 5 rings (SSSR count). The smallest absolute Gasteiger partial charge is 0.318 e. The highest BCUT2D eigenvalue weighted by molar-refractivity contribution is 9.10. The fourth-order valence-electron chi connectivity index (χ4n) is 5.81. The second-order valence-corrected chi connectivity index (χ2v) is 10.7. The Balaban J connectivity index is 1.47. The highest BCUT2D eigenvalue weighted by Gasteiger charge is 2.40. The van der Waals surface area contributed by atoms with Crippen molar-refractivity contribution in [1.82, 2.24) is 9.97 Å². The molecule has 0 bridgehead atoms. The minimum Gasteiger partial charge on any atom is -0.625 e. The molecule has 0 N–H and O–H groups in total. The summed E-state index contributed by atoms with van der Waals surface area (Å²) in [4.78, 5) is 21.9. The van der Waals surface area contributed by atoms with Crippen molar-refractivity contribution in [3.8, 4) is 5.75 Å². The van der Waals surface area contributed by atoms with Crippen LogP contribution in [0.2, 0.25) is 0 Å². The number of ether oxygens (including phenoxy) is 1. The number of methoxy groups -OCH3 is 1. The Morgan fingerprint density at radius 1 is 1.14 bits per heavy atom. The molecule has 1 atom stereocenters. The number of hydroxylamine groups is 3. The Bertz CT molecular complexity index is 1240. The van der Waals surface area contributed by atoms with Crippen LogP contribution in [0.4, 0.5) is 0 Å². The van der Waals surface area contributed by atoms with Gasteiger partial charge in [-0.05, 0) is 88.1 Å². The number of nitrogens with zero attached hydrogens (tertiary/aromatic N) is 3. The molecule has 2 aromatic heterocycles. The van der Waals surface area contributed by atoms with Gasteiger partial charge in [-0.2, -0.15) is 0 Å². The molecule has 1 aromatic carbocycles. The second-order valence-electron chi connectivity index (χ2n) is 9.82. The molecule has 1 unspecified atom stereocenters. The van der Waals surface area contributed by atoms with E-state index in [4.69, 9.17) is 9.72 Å². The van der Waals surface area contributed by atoms with E-state index in [0.29, 0.717) is 25.9 Å². The number of aryl methyl sites for hydroxylation is 3. The third-order valence-electron chi connectivity index (χ3n) is 7.58. The van der Waals surface area contributed by atoms with Crippen LogP contribution < -0.4 is 4.74 Å². The Hall–Kier alpha value is -2.61. The molecule has 7 heteroatoms. The van der Waals surface area contributed by atoms with Crippen molar-refractivity contribution in [2.75, 3.05) is 20.2 Å². The van der Waals surface area contributed by atoms with E-state index in [-0.39, 0.29) is 24.2 Å². The molecule has 0 spiro atoms. The number of likely N-dealkylation sites (tertiary alicyclic amines) is 1. The summed E-state index contributed by atoms with van der Waals surface area (Å²) in [5.41, 5.74) is 6.83. The number of quaternary nitrogens is 1. The van der Waals surface area contributed by atoms with Gasteiger partial charge in [0.25, 0.3) is 0 Å². The fraction of sp³-hybridized carbons (Fsp3) is 0.393. The Labute approximate surface area is 214 Å². The lowest BCUT2D eigenvalue weighted by atomic mass is 9.75. The van der Waals surface area contributed by atoms with Gasteiger partial charge in [0.2, 0.25) is 0 Å². The van der Waals surface area contributed by atoms with Crippen LogP contribution >= 0.6 is 15.9 Å². The van der Waals surface area contributed by atoms with E-state index in [2.05, 4.69) is 46.0 Å². The molecule has 3 heterocycles. The molecular weight excluding hydrogens is 506 g/mol. The van der Waals surface area contributed by atoms with Gasteiger partial charge in [0.05, 0.1) is 32.3 Å². The highest BCUT2D eigenvalue weighted by atomic mass is 79.9. The predicted molar refractivity (Wildman–Crippen MR) is 138 cm³/mol. The number of piperidine rings is 1. The van der Waals surface area contributed by atoms with Gasteiger partial charge in [0.15, 0.2) is 0 Å². The average molecular weight is 536 g/mol. The van der Waals surface area contributed by atoms with Crippen molar-refractivity contribution < 1.29 is 14.2 Å². The van der Waals surface area contributed by atoms with E-state index in [1.165, 1.54) is 22.3 Å². The fourth-order valence-corrected chi connectivity index (χ4v) is 6.19. The number of carbonyl (C=O) groups is 1. The summed E-state index contributed by atoms with van der Waals surface area (Å²) in [5.74, 6) is 0.872. The van der Waals surface area contributed by atoms with Crippen molar-refractivity contribution >= 4 is 21.8 Å². The molecule has 1 aliphatic heterocycles. The third kappa shape index (κ3) is 4.77. The van der Waals surface area contributed by atoms with Crippen LogP contribution in [0.15, 0.2) is 53.4 Å². The summed E-state index contributed by atoms with van der Waals surface area (Å²) < 4.78 is 6.11. The zero-order valence-corrected chi connectivity index (χ0v) is 21.8. The van der Waals surface area contributed by atoms with Crippen LogP contribution in [-0.4, -0.2) is 40.7 Å². The monoisotopic (exact) mass is 535 g/mol. The van der Waals surface area contributed by atoms with Crippen LogP contribution in [0.5, 0.6) is 5.75 Å². The highest BCUT2D eigenvalue weighted by Crippen LogP contribution is 2.47. The summed E-state index contributed by atoms with van der Waals surface area (Å²) in [6, 6.07) is 10.1. The van der Waals surface area contributed by atoms with Crippen LogP contribution in [0.25, 0.3) is 0 Å². The van der Waals surface area contributed by atoms with Gasteiger partial charge < -0.3 is 9.94 Å². The summed E-state index contributed by atoms with van der Waals surface area (Å²) in [5, 5.41) is 13.6. The Morgan fingerprint density at radius 3 is 2.57 bits per heavy atom. The number of hydrogen-bond donors (Lipinski definition) is 0. The molecule has 35 heavy (non-hydrogen) atoms. The van der Waals surface area contributed by atoms with E-state index in [1.54, 1.807) is 31.6 Å². The van der Waals surface area contributed by atoms with Gasteiger partial charge in [-0.15, -0.1) is 0 Å². The molecule has 1 aliphatic carbocycles. The van der Waals surface area contributed by atoms with Crippen molar-refractivity contribution in [3.63, 3.8) is 0 Å². The predicted octanol–water partition coefficient (Wildman–Crippen LogP) is 5.28. The zero-order chi connectivity index (χ0) is 24.6. The van der Waals surface area contributed by atoms with Gasteiger partial charge in [-0.3, -0.25) is 14.6 Å². The van der Waals surface area contributed by atoms with Crippen molar-refractivity contribution in [1.29, 1.82) is 0 Å². The maximum absolute atomic E-state index is 13.6. The number of amides is 1. The topological polar surface area (TPSA) is 75.1 Å². The van der Waals surface area contributed by atoms with Gasteiger partial charge in [-0.1, -0.05) is 6.07 Å². The summed E-state index contributed by atoms with van der Waals surface area (Å²) in [7, 11) is 1.73. The number of carbonyl (C=O) groups excluding carboxylic acids is 1. The first-order chi connectivity index (χ1) is 16.9. The lowest BCUT2D eigenvalue weighted by Gasteiger charge is -2.46. The first-order valence-corrected chi connectivity index (χ1v) is 13.0. The second kappa shape index (κ2) is 9.80. The number of pyridine rings is 2. The van der Waals surface area contributed by atoms with E-state index in [9.17, 15) is 10.0 Å². The molecule has 3 aromatic rings. The molecule has 0 saturated carbocycles. The normalized spacial score (nSPS) is 23.7. The van der Waals surface area contributed by atoms with Crippen molar-refractivity contribution in [2.24, 2.45) is 5.92 Å². The van der Waals surface area contributed by atoms with Crippen molar-refractivity contribution in [3.05, 3.63) is 92.1 Å². The molecule has 6 nitrogen and oxygen atoms in total. The molecule has 0 radical (unpaired) electrons. The zero-order valence-electron chi connectivity index (χ0n) is 20.2. The van der Waals surface area contributed by atoms with Crippen LogP contribution in [0.3, 0.4) is 0 Å². The van der Waals surface area contributed by atoms with Crippen LogP contribution in [0, 0.1) is 18.0 Å². The quantitative estimate of drug-likeness (QED) is 0.335. The molecule has 1 fully saturated rings. The first kappa shape index (κ1) is 24.1. The standard InChI is InChI=1S/C28H30BrN3O3/c1-18-13-21-3-4-22-16-23(29)17-31-28(22)27(26(21)24(14-18)35-2)20-7-11-32(34,12-8-20)25(33)15-19-5-9-30-10-6-19/h5-6,9-10,13-14,16-17,20,27H,3-4,7-8,11-12,15H2,1-2H3. The van der Waals surface area contributed by atoms with E-state index < -0.39 is 4.65 Å². The molecule has 182 valence electrons. The number of hydrogen-bond acceptors (Lipinski definition) is 5. The minimum absolute atomic E-state index is 0.0372. The third-order valence-corrected chi connectivity index (χ3v) is 8.02. The number of benzene rings is 1. The van der Waals surface area contributed by atoms with Gasteiger partial charge >= 0.3 is 5.91 Å². The molecule has 2 aliphatic rings. The van der Waals surface area contributed by atoms with Gasteiger partial charge in [0.1, 0.15) is 5.75 Å². The van der Waals surface area contributed by atoms with E-state index in [0.717, 1.165) is 34.3 Å². The number of fused-ring (bicyclic) bond motifs is 2. The number of halogens is 1. The van der Waals surface area contributed by atoms with Crippen LogP contribution in [0.1, 0.15) is 52.3 Å². The molecule has 1 amide bonds. The Kier molecular flexibility index (Phi) is 6.75. The maximum Gasteiger partial charge on any atom is 0.318 e.